The topological polar surface area (TPSA) is 75.3 Å². The molecule has 1 fully saturated rings. The van der Waals surface area contributed by atoms with Gasteiger partial charge in [0.25, 0.3) is 15.9 Å². The third-order valence-corrected chi connectivity index (χ3v) is 6.83. The minimum atomic E-state index is -3.67. The van der Waals surface area contributed by atoms with Crippen molar-refractivity contribution in [2.24, 2.45) is 5.92 Å². The van der Waals surface area contributed by atoms with Gasteiger partial charge in [-0.2, -0.15) is 0 Å². The van der Waals surface area contributed by atoms with Crippen LogP contribution in [0.1, 0.15) is 53.6 Å². The first-order chi connectivity index (χ1) is 13.3. The van der Waals surface area contributed by atoms with Gasteiger partial charge >= 0.3 is 0 Å². The number of hydrogen-bond donors (Lipinski definition) is 2. The van der Waals surface area contributed by atoms with Crippen LogP contribution in [-0.2, 0) is 10.0 Å². The molecule has 2 aromatic carbocycles. The number of nitrogens with one attached hydrogen (secondary N) is 2. The van der Waals surface area contributed by atoms with Crippen molar-refractivity contribution < 1.29 is 13.2 Å². The Morgan fingerprint density at radius 3 is 2.36 bits per heavy atom. The normalized spacial score (nSPS) is 15.2. The highest BCUT2D eigenvalue weighted by molar-refractivity contribution is 7.92. The Hall–Kier alpha value is -2.34. The van der Waals surface area contributed by atoms with Crippen molar-refractivity contribution in [2.75, 3.05) is 11.3 Å². The van der Waals surface area contributed by atoms with E-state index in [2.05, 4.69) is 10.0 Å². The number of rotatable bonds is 6. The summed E-state index contributed by atoms with van der Waals surface area (Å²) in [6.45, 7) is 4.34. The lowest BCUT2D eigenvalue weighted by molar-refractivity contribution is 0.0943. The fourth-order valence-electron chi connectivity index (χ4n) is 3.63. The van der Waals surface area contributed by atoms with Gasteiger partial charge in [0.2, 0.25) is 0 Å². The number of carbonyl (C=O) groups is 1. The fraction of sp³-hybridized carbons (Fsp3) is 0.409. The van der Waals surface area contributed by atoms with Gasteiger partial charge in [-0.3, -0.25) is 9.52 Å². The Kier molecular flexibility index (Phi) is 6.39. The monoisotopic (exact) mass is 400 g/mol. The van der Waals surface area contributed by atoms with E-state index in [0.717, 1.165) is 5.56 Å². The van der Waals surface area contributed by atoms with E-state index in [1.54, 1.807) is 43.3 Å². The molecule has 2 N–H and O–H groups in total. The Morgan fingerprint density at radius 2 is 1.68 bits per heavy atom. The minimum absolute atomic E-state index is 0.116. The second kappa shape index (κ2) is 8.78. The first kappa shape index (κ1) is 20.4. The SMILES string of the molecule is Cc1ccc(C)c(S(=O)(=O)Nc2ccc(C(=O)NCC3CCCCC3)cc2)c1. The quantitative estimate of drug-likeness (QED) is 0.754. The molecule has 0 heterocycles. The first-order valence-electron chi connectivity index (χ1n) is 9.83. The zero-order valence-electron chi connectivity index (χ0n) is 16.5. The highest BCUT2D eigenvalue weighted by Crippen LogP contribution is 2.23. The maximum atomic E-state index is 12.7. The van der Waals surface area contributed by atoms with Crippen molar-refractivity contribution in [2.45, 2.75) is 50.8 Å². The van der Waals surface area contributed by atoms with Crippen LogP contribution in [0.15, 0.2) is 47.4 Å². The van der Waals surface area contributed by atoms with Gasteiger partial charge < -0.3 is 5.32 Å². The van der Waals surface area contributed by atoms with Crippen LogP contribution in [0.4, 0.5) is 5.69 Å². The van der Waals surface area contributed by atoms with E-state index in [1.165, 1.54) is 32.1 Å². The highest BCUT2D eigenvalue weighted by Gasteiger charge is 2.18. The maximum Gasteiger partial charge on any atom is 0.262 e. The molecule has 0 spiro atoms. The van der Waals surface area contributed by atoms with E-state index in [4.69, 9.17) is 0 Å². The van der Waals surface area contributed by atoms with E-state index in [9.17, 15) is 13.2 Å². The predicted octanol–water partition coefficient (Wildman–Crippen LogP) is 4.41. The molecule has 0 aliphatic heterocycles. The molecule has 0 atom stereocenters. The second-order valence-electron chi connectivity index (χ2n) is 7.67. The molecule has 6 heteroatoms. The molecular weight excluding hydrogens is 372 g/mol. The highest BCUT2D eigenvalue weighted by atomic mass is 32.2. The Labute approximate surface area is 167 Å². The van der Waals surface area contributed by atoms with Gasteiger partial charge in [-0.05, 0) is 74.1 Å². The molecule has 150 valence electrons. The summed E-state index contributed by atoms with van der Waals surface area (Å²) in [7, 11) is -3.67. The molecule has 0 aromatic heterocycles. The summed E-state index contributed by atoms with van der Waals surface area (Å²) in [5.41, 5.74) is 2.54. The van der Waals surface area contributed by atoms with Crippen LogP contribution < -0.4 is 10.0 Å². The maximum absolute atomic E-state index is 12.7. The molecule has 3 rings (SSSR count). The molecule has 28 heavy (non-hydrogen) atoms. The third-order valence-electron chi connectivity index (χ3n) is 5.31. The lowest BCUT2D eigenvalue weighted by atomic mass is 9.89. The zero-order valence-corrected chi connectivity index (χ0v) is 17.3. The van der Waals surface area contributed by atoms with Crippen molar-refractivity contribution in [3.05, 3.63) is 59.2 Å². The molecule has 0 bridgehead atoms. The standard InChI is InChI=1S/C22H28N2O3S/c1-16-8-9-17(2)21(14-16)28(26,27)24-20-12-10-19(11-13-20)22(25)23-15-18-6-4-3-5-7-18/h8-14,18,24H,3-7,15H2,1-2H3,(H,23,25). The van der Waals surface area contributed by atoms with Crippen molar-refractivity contribution in [1.29, 1.82) is 0 Å². The summed E-state index contributed by atoms with van der Waals surface area (Å²) in [6, 6.07) is 11.9. The van der Waals surface area contributed by atoms with Crippen LogP contribution >= 0.6 is 0 Å². The zero-order chi connectivity index (χ0) is 20.1. The molecule has 0 saturated heterocycles. The summed E-state index contributed by atoms with van der Waals surface area (Å²) in [5.74, 6) is 0.455. The Balaban J connectivity index is 1.63. The smallest absolute Gasteiger partial charge is 0.262 e. The Morgan fingerprint density at radius 1 is 1.00 bits per heavy atom. The number of sulfonamides is 1. The Bertz CT molecular complexity index is 931. The largest absolute Gasteiger partial charge is 0.352 e. The number of hydrogen-bond acceptors (Lipinski definition) is 3. The molecule has 0 radical (unpaired) electrons. The summed E-state index contributed by atoms with van der Waals surface area (Å²) >= 11 is 0. The van der Waals surface area contributed by atoms with Gasteiger partial charge in [0, 0.05) is 17.8 Å². The number of aryl methyl sites for hydroxylation is 2. The van der Waals surface area contributed by atoms with E-state index in [1.807, 2.05) is 13.0 Å². The van der Waals surface area contributed by atoms with E-state index < -0.39 is 10.0 Å². The number of amides is 1. The lowest BCUT2D eigenvalue weighted by Gasteiger charge is -2.21. The second-order valence-corrected chi connectivity index (χ2v) is 9.32. The first-order valence-corrected chi connectivity index (χ1v) is 11.3. The van der Waals surface area contributed by atoms with Crippen LogP contribution in [0.2, 0.25) is 0 Å². The molecule has 1 aliphatic rings. The van der Waals surface area contributed by atoms with Crippen molar-refractivity contribution in [3.8, 4) is 0 Å². The van der Waals surface area contributed by atoms with Gasteiger partial charge in [-0.25, -0.2) is 8.42 Å². The summed E-state index contributed by atoms with van der Waals surface area (Å²) in [4.78, 5) is 12.6. The van der Waals surface area contributed by atoms with E-state index in [0.29, 0.717) is 29.3 Å². The van der Waals surface area contributed by atoms with Crippen LogP contribution in [0.5, 0.6) is 0 Å². The average Bonchev–Trinajstić information content (AvgIpc) is 2.69. The number of anilines is 1. The molecule has 1 aliphatic carbocycles. The van der Waals surface area contributed by atoms with Crippen molar-refractivity contribution in [3.63, 3.8) is 0 Å². The third kappa shape index (κ3) is 5.13. The van der Waals surface area contributed by atoms with Gasteiger partial charge in [0.05, 0.1) is 4.90 Å². The van der Waals surface area contributed by atoms with Gasteiger partial charge in [-0.1, -0.05) is 31.4 Å². The van der Waals surface area contributed by atoms with Crippen LogP contribution in [0.25, 0.3) is 0 Å². The van der Waals surface area contributed by atoms with Crippen LogP contribution in [-0.4, -0.2) is 20.9 Å². The number of carbonyl (C=O) groups excluding carboxylic acids is 1. The van der Waals surface area contributed by atoms with Gasteiger partial charge in [-0.15, -0.1) is 0 Å². The van der Waals surface area contributed by atoms with Gasteiger partial charge in [0.15, 0.2) is 0 Å². The molecule has 5 nitrogen and oxygen atoms in total. The minimum Gasteiger partial charge on any atom is -0.352 e. The van der Waals surface area contributed by atoms with Crippen molar-refractivity contribution in [1.82, 2.24) is 5.32 Å². The molecule has 2 aromatic rings. The molecule has 0 unspecified atom stereocenters. The van der Waals surface area contributed by atoms with Gasteiger partial charge in [0.1, 0.15) is 0 Å². The predicted molar refractivity (Wildman–Crippen MR) is 112 cm³/mol. The molecular formula is C22H28N2O3S. The molecule has 1 saturated carbocycles. The van der Waals surface area contributed by atoms with Crippen LogP contribution in [0.3, 0.4) is 0 Å². The summed E-state index contributed by atoms with van der Waals surface area (Å²) in [6.07, 6.45) is 6.15. The van der Waals surface area contributed by atoms with E-state index >= 15 is 0 Å². The lowest BCUT2D eigenvalue weighted by Crippen LogP contribution is -2.30. The fourth-order valence-corrected chi connectivity index (χ4v) is 5.02. The van der Waals surface area contributed by atoms with E-state index in [-0.39, 0.29) is 10.8 Å². The summed E-state index contributed by atoms with van der Waals surface area (Å²) < 4.78 is 28.0. The summed E-state index contributed by atoms with van der Waals surface area (Å²) in [5, 5.41) is 3.00. The van der Waals surface area contributed by atoms with Crippen molar-refractivity contribution >= 4 is 21.6 Å². The number of benzene rings is 2. The van der Waals surface area contributed by atoms with Crippen LogP contribution in [0, 0.1) is 19.8 Å². The molecule has 1 amide bonds. The average molecular weight is 401 g/mol.